The van der Waals surface area contributed by atoms with E-state index in [0.29, 0.717) is 11.0 Å². The van der Waals surface area contributed by atoms with Crippen LogP contribution >= 0.6 is 15.9 Å². The highest BCUT2D eigenvalue weighted by molar-refractivity contribution is 9.09. The molecule has 0 spiro atoms. The van der Waals surface area contributed by atoms with Crippen LogP contribution < -0.4 is 4.72 Å². The maximum Gasteiger partial charge on any atom is 0.244 e. The Hall–Kier alpha value is -0.400. The zero-order valence-corrected chi connectivity index (χ0v) is 11.0. The van der Waals surface area contributed by atoms with Gasteiger partial charge in [-0.15, -0.1) is 0 Å². The first-order chi connectivity index (χ1) is 7.01. The van der Waals surface area contributed by atoms with Crippen LogP contribution in [0.4, 0.5) is 0 Å². The number of aryl methyl sites for hydroxylation is 1. The van der Waals surface area contributed by atoms with Gasteiger partial charge in [0.1, 0.15) is 4.90 Å². The van der Waals surface area contributed by atoms with E-state index < -0.39 is 10.0 Å². The van der Waals surface area contributed by atoms with Crippen molar-refractivity contribution in [2.24, 2.45) is 0 Å². The molecule has 0 saturated carbocycles. The predicted octanol–water partition coefficient (Wildman–Crippen LogP) is 1.17. The predicted molar refractivity (Wildman–Crippen MR) is 61.5 cm³/mol. The maximum atomic E-state index is 11.9. The molecule has 0 aliphatic rings. The second kappa shape index (κ2) is 5.09. The van der Waals surface area contributed by atoms with Crippen molar-refractivity contribution in [3.63, 3.8) is 0 Å². The van der Waals surface area contributed by atoms with Gasteiger partial charge in [0, 0.05) is 11.4 Å². The lowest BCUT2D eigenvalue weighted by Gasteiger charge is -2.13. The molecule has 0 aliphatic carbocycles. The molecule has 0 amide bonds. The first-order valence-corrected chi connectivity index (χ1v) is 7.20. The maximum absolute atomic E-state index is 11.9. The summed E-state index contributed by atoms with van der Waals surface area (Å²) in [4.78, 5) is 0.210. The third-order valence-electron chi connectivity index (χ3n) is 2.07. The Labute approximate surface area is 97.8 Å². The lowest BCUT2D eigenvalue weighted by Crippen LogP contribution is -2.35. The van der Waals surface area contributed by atoms with Crippen molar-refractivity contribution in [1.29, 1.82) is 0 Å². The molecule has 1 heterocycles. The molecule has 1 rings (SSSR count). The van der Waals surface area contributed by atoms with Gasteiger partial charge >= 0.3 is 0 Å². The number of nitrogens with zero attached hydrogens (tertiary/aromatic N) is 1. The minimum Gasteiger partial charge on any atom is -0.281 e. The quantitative estimate of drug-likeness (QED) is 0.801. The summed E-state index contributed by atoms with van der Waals surface area (Å²) in [6.07, 6.45) is 2.06. The smallest absolute Gasteiger partial charge is 0.244 e. The number of hydrogen-bond donors (Lipinski definition) is 2. The van der Waals surface area contributed by atoms with Crippen LogP contribution in [0.1, 0.15) is 19.0 Å². The summed E-state index contributed by atoms with van der Waals surface area (Å²) in [5.74, 6) is 0. The summed E-state index contributed by atoms with van der Waals surface area (Å²) in [6.45, 7) is 3.60. The number of aromatic nitrogens is 2. The van der Waals surface area contributed by atoms with Crippen molar-refractivity contribution in [1.82, 2.24) is 14.9 Å². The Kier molecular flexibility index (Phi) is 4.30. The first kappa shape index (κ1) is 12.7. The van der Waals surface area contributed by atoms with Gasteiger partial charge in [-0.1, -0.05) is 22.9 Å². The number of H-pyrrole nitrogens is 1. The zero-order valence-electron chi connectivity index (χ0n) is 8.62. The number of alkyl halides is 1. The fraction of sp³-hybridized carbons (Fsp3) is 0.625. The van der Waals surface area contributed by atoms with E-state index in [0.717, 1.165) is 6.42 Å². The van der Waals surface area contributed by atoms with Crippen LogP contribution in [0.2, 0.25) is 0 Å². The normalized spacial score (nSPS) is 14.1. The summed E-state index contributed by atoms with van der Waals surface area (Å²) in [5.41, 5.74) is 0.548. The Morgan fingerprint density at radius 2 is 2.33 bits per heavy atom. The van der Waals surface area contributed by atoms with Crippen molar-refractivity contribution < 1.29 is 8.42 Å². The van der Waals surface area contributed by atoms with E-state index in [1.165, 1.54) is 6.20 Å². The van der Waals surface area contributed by atoms with Crippen molar-refractivity contribution in [3.05, 3.63) is 11.9 Å². The molecule has 2 N–H and O–H groups in total. The van der Waals surface area contributed by atoms with E-state index >= 15 is 0 Å². The summed E-state index contributed by atoms with van der Waals surface area (Å²) in [7, 11) is -3.44. The number of nitrogens with one attached hydrogen (secondary N) is 2. The van der Waals surface area contributed by atoms with E-state index in [-0.39, 0.29) is 10.9 Å². The SMILES string of the molecule is CCC(CBr)NS(=O)(=O)c1cn[nH]c1C. The fourth-order valence-corrected chi connectivity index (χ4v) is 3.41. The molecule has 86 valence electrons. The van der Waals surface area contributed by atoms with Gasteiger partial charge in [-0.05, 0) is 13.3 Å². The molecule has 7 heteroatoms. The van der Waals surface area contributed by atoms with Crippen LogP contribution in [0.15, 0.2) is 11.1 Å². The molecule has 1 unspecified atom stereocenters. The fourth-order valence-electron chi connectivity index (χ4n) is 1.12. The molecule has 0 aromatic carbocycles. The Morgan fingerprint density at radius 1 is 1.67 bits per heavy atom. The monoisotopic (exact) mass is 295 g/mol. The third kappa shape index (κ3) is 3.02. The number of halogens is 1. The highest BCUT2D eigenvalue weighted by Gasteiger charge is 2.21. The van der Waals surface area contributed by atoms with Crippen LogP contribution in [0.25, 0.3) is 0 Å². The molecule has 0 aliphatic heterocycles. The van der Waals surface area contributed by atoms with Gasteiger partial charge in [0.15, 0.2) is 0 Å². The summed E-state index contributed by atoms with van der Waals surface area (Å²) < 4.78 is 26.3. The molecule has 0 radical (unpaired) electrons. The van der Waals surface area contributed by atoms with Crippen molar-refractivity contribution in [2.45, 2.75) is 31.2 Å². The number of aromatic amines is 1. The minimum atomic E-state index is -3.44. The lowest BCUT2D eigenvalue weighted by atomic mass is 10.3. The molecule has 1 atom stereocenters. The highest BCUT2D eigenvalue weighted by Crippen LogP contribution is 2.12. The molecule has 1 aromatic heterocycles. The average Bonchev–Trinajstić information content (AvgIpc) is 2.61. The molecule has 0 fully saturated rings. The Balaban J connectivity index is 2.90. The topological polar surface area (TPSA) is 74.8 Å². The highest BCUT2D eigenvalue weighted by atomic mass is 79.9. The van der Waals surface area contributed by atoms with Crippen LogP contribution in [-0.2, 0) is 10.0 Å². The average molecular weight is 296 g/mol. The number of sulfonamides is 1. The van der Waals surface area contributed by atoms with Gasteiger partial charge in [-0.25, -0.2) is 13.1 Å². The van der Waals surface area contributed by atoms with E-state index in [2.05, 4.69) is 30.8 Å². The zero-order chi connectivity index (χ0) is 11.5. The molecule has 1 aromatic rings. The van der Waals surface area contributed by atoms with E-state index in [9.17, 15) is 8.42 Å². The van der Waals surface area contributed by atoms with E-state index in [1.54, 1.807) is 6.92 Å². The second-order valence-electron chi connectivity index (χ2n) is 3.24. The van der Waals surface area contributed by atoms with Crippen LogP contribution in [0.3, 0.4) is 0 Å². The number of rotatable bonds is 5. The van der Waals surface area contributed by atoms with Gasteiger partial charge < -0.3 is 0 Å². The van der Waals surface area contributed by atoms with Gasteiger partial charge in [0.25, 0.3) is 0 Å². The van der Waals surface area contributed by atoms with Crippen molar-refractivity contribution in [3.8, 4) is 0 Å². The summed E-state index contributed by atoms with van der Waals surface area (Å²) in [5, 5.41) is 6.89. The van der Waals surface area contributed by atoms with Gasteiger partial charge in [-0.2, -0.15) is 5.10 Å². The largest absolute Gasteiger partial charge is 0.281 e. The van der Waals surface area contributed by atoms with E-state index in [1.807, 2.05) is 6.92 Å². The molecule has 0 bridgehead atoms. The summed E-state index contributed by atoms with van der Waals surface area (Å²) in [6, 6.07) is -0.0932. The van der Waals surface area contributed by atoms with Crippen molar-refractivity contribution >= 4 is 26.0 Å². The second-order valence-corrected chi connectivity index (χ2v) is 5.57. The van der Waals surface area contributed by atoms with Crippen molar-refractivity contribution in [2.75, 3.05) is 5.33 Å². The standard InChI is InChI=1S/C8H14BrN3O2S/c1-3-7(4-9)12-15(13,14)8-5-10-11-6(8)2/h5,7,12H,3-4H2,1-2H3,(H,10,11). The lowest BCUT2D eigenvalue weighted by molar-refractivity contribution is 0.558. The summed E-state index contributed by atoms with van der Waals surface area (Å²) >= 11 is 3.26. The van der Waals surface area contributed by atoms with Gasteiger partial charge in [0.05, 0.1) is 11.9 Å². The molecular formula is C8H14BrN3O2S. The molecule has 5 nitrogen and oxygen atoms in total. The van der Waals surface area contributed by atoms with Crippen LogP contribution in [-0.4, -0.2) is 30.0 Å². The minimum absolute atomic E-state index is 0.0932. The number of hydrogen-bond acceptors (Lipinski definition) is 3. The van der Waals surface area contributed by atoms with Crippen LogP contribution in [0.5, 0.6) is 0 Å². The molecule has 15 heavy (non-hydrogen) atoms. The van der Waals surface area contributed by atoms with Crippen LogP contribution in [0, 0.1) is 6.92 Å². The van der Waals surface area contributed by atoms with Gasteiger partial charge in [-0.3, -0.25) is 5.10 Å². The molecular weight excluding hydrogens is 282 g/mol. The Bertz CT molecular complexity index is 411. The third-order valence-corrected chi connectivity index (χ3v) is 4.49. The Morgan fingerprint density at radius 3 is 2.73 bits per heavy atom. The first-order valence-electron chi connectivity index (χ1n) is 4.59. The molecule has 0 saturated heterocycles. The van der Waals surface area contributed by atoms with Gasteiger partial charge in [0.2, 0.25) is 10.0 Å². The van der Waals surface area contributed by atoms with E-state index in [4.69, 9.17) is 0 Å².